The number of hydrogen-bond donors (Lipinski definition) is 0. The minimum atomic E-state index is 0.875. The van der Waals surface area contributed by atoms with Crippen LogP contribution in [0, 0.1) is 0 Å². The molecule has 6 heteroatoms. The molecule has 11 aromatic rings. The Morgan fingerprint density at radius 3 is 1.69 bits per heavy atom. The van der Waals surface area contributed by atoms with Gasteiger partial charge in [0.25, 0.3) is 0 Å². The van der Waals surface area contributed by atoms with Crippen LogP contribution in [0.15, 0.2) is 211 Å². The van der Waals surface area contributed by atoms with Gasteiger partial charge in [-0.2, -0.15) is 0 Å². The molecule has 0 fully saturated rings. The molecular weight excluding hydrogens is 787 g/mol. The van der Waals surface area contributed by atoms with Gasteiger partial charge in [0.2, 0.25) is 0 Å². The van der Waals surface area contributed by atoms with Crippen LogP contribution in [0.1, 0.15) is 11.1 Å². The lowest BCUT2D eigenvalue weighted by atomic mass is 9.99. The largest absolute Gasteiger partial charge is 0.307 e. The van der Waals surface area contributed by atoms with Crippen LogP contribution in [0.5, 0.6) is 0 Å². The van der Waals surface area contributed by atoms with E-state index >= 15 is 0 Å². The standard InChI is InChI=1S/C26H17N3.C17H12.C10H7BrN2/c1-2-8-20-18(7-1)12-14-22-21-9-3-4-11-25(21)29(26(20)22)19-13-15-24(28-17-19)23-10-5-6-16-27-23;1-3-7-14-12(5-1)9-10-16-15-8-4-2-6-13(15)11-17(14)16;11-8-4-5-10(13-7-8)9-3-1-2-6-12-9/h1-17H;1-10H,11H2;1-7H. The maximum Gasteiger partial charge on any atom is 0.0887 e. The molecule has 5 aromatic heterocycles. The quantitative estimate of drug-likeness (QED) is 0.178. The zero-order valence-corrected chi connectivity index (χ0v) is 33.5. The maximum absolute atomic E-state index is 4.72. The molecule has 0 unspecified atom stereocenters. The summed E-state index contributed by atoms with van der Waals surface area (Å²) in [6.07, 6.45) is 8.34. The molecule has 0 bridgehead atoms. The fourth-order valence-electron chi connectivity index (χ4n) is 8.13. The average Bonchev–Trinajstić information content (AvgIpc) is 3.87. The van der Waals surface area contributed by atoms with Crippen LogP contribution in [0.4, 0.5) is 0 Å². The fraction of sp³-hybridized carbons (Fsp3) is 0.0189. The van der Waals surface area contributed by atoms with Crippen LogP contribution in [0.25, 0.3) is 82.9 Å². The predicted molar refractivity (Wildman–Crippen MR) is 247 cm³/mol. The van der Waals surface area contributed by atoms with E-state index in [1.807, 2.05) is 60.8 Å². The third-order valence-corrected chi connectivity index (χ3v) is 11.3. The van der Waals surface area contributed by atoms with Crippen LogP contribution in [0.3, 0.4) is 0 Å². The first kappa shape index (κ1) is 36.1. The van der Waals surface area contributed by atoms with E-state index in [0.29, 0.717) is 0 Å². The number of halogens is 1. The van der Waals surface area contributed by atoms with Gasteiger partial charge in [-0.3, -0.25) is 19.9 Å². The van der Waals surface area contributed by atoms with Gasteiger partial charge in [-0.05, 0) is 115 Å². The predicted octanol–water partition coefficient (Wildman–Crippen LogP) is 13.7. The summed E-state index contributed by atoms with van der Waals surface area (Å²) in [6, 6.07) is 63.2. The molecule has 5 heterocycles. The van der Waals surface area contributed by atoms with E-state index in [4.69, 9.17) is 4.98 Å². The van der Waals surface area contributed by atoms with Gasteiger partial charge in [0.05, 0.1) is 45.7 Å². The molecule has 0 atom stereocenters. The van der Waals surface area contributed by atoms with E-state index < -0.39 is 0 Å². The second-order valence-corrected chi connectivity index (χ2v) is 15.3. The summed E-state index contributed by atoms with van der Waals surface area (Å²) < 4.78 is 3.30. The normalized spacial score (nSPS) is 11.4. The summed E-state index contributed by atoms with van der Waals surface area (Å²) in [5.74, 6) is 0. The van der Waals surface area contributed by atoms with Crippen molar-refractivity contribution in [1.29, 1.82) is 0 Å². The summed E-state index contributed by atoms with van der Waals surface area (Å²) in [5, 5.41) is 7.74. The molecular formula is C53H36BrN5. The Kier molecular flexibility index (Phi) is 9.74. The summed E-state index contributed by atoms with van der Waals surface area (Å²) in [5.41, 5.74) is 12.8. The van der Waals surface area contributed by atoms with Gasteiger partial charge in [-0.15, -0.1) is 0 Å². The monoisotopic (exact) mass is 821 g/mol. The smallest absolute Gasteiger partial charge is 0.0887 e. The van der Waals surface area contributed by atoms with Crippen molar-refractivity contribution in [3.63, 3.8) is 0 Å². The maximum atomic E-state index is 4.72. The summed E-state index contributed by atoms with van der Waals surface area (Å²) in [4.78, 5) is 17.6. The molecule has 0 spiro atoms. The third-order valence-electron chi connectivity index (χ3n) is 10.9. The molecule has 59 heavy (non-hydrogen) atoms. The van der Waals surface area contributed by atoms with Gasteiger partial charge in [-0.1, -0.05) is 127 Å². The molecule has 0 saturated heterocycles. The van der Waals surface area contributed by atoms with Crippen molar-refractivity contribution in [3.8, 4) is 39.6 Å². The molecule has 12 rings (SSSR count). The summed E-state index contributed by atoms with van der Waals surface area (Å²) in [6.45, 7) is 0. The molecule has 0 aliphatic heterocycles. The highest BCUT2D eigenvalue weighted by Crippen LogP contribution is 2.40. The number of para-hydroxylation sites is 1. The van der Waals surface area contributed by atoms with Gasteiger partial charge >= 0.3 is 0 Å². The minimum absolute atomic E-state index is 0.875. The van der Waals surface area contributed by atoms with Gasteiger partial charge in [0.1, 0.15) is 0 Å². The Labute approximate surface area is 350 Å². The second-order valence-electron chi connectivity index (χ2n) is 14.4. The van der Waals surface area contributed by atoms with Crippen molar-refractivity contribution in [2.24, 2.45) is 0 Å². The first-order valence-corrected chi connectivity index (χ1v) is 20.4. The Morgan fingerprint density at radius 2 is 1.00 bits per heavy atom. The molecule has 5 nitrogen and oxygen atoms in total. The van der Waals surface area contributed by atoms with Crippen molar-refractivity contribution >= 4 is 59.3 Å². The molecule has 0 radical (unpaired) electrons. The molecule has 1 aliphatic carbocycles. The van der Waals surface area contributed by atoms with Crippen LogP contribution in [-0.2, 0) is 6.42 Å². The Bertz CT molecular complexity index is 3230. The highest BCUT2D eigenvalue weighted by Gasteiger charge is 2.19. The van der Waals surface area contributed by atoms with Gasteiger partial charge in [-0.25, -0.2) is 0 Å². The number of pyridine rings is 4. The van der Waals surface area contributed by atoms with Crippen molar-refractivity contribution in [2.75, 3.05) is 0 Å². The van der Waals surface area contributed by atoms with E-state index in [1.165, 1.54) is 65.6 Å². The van der Waals surface area contributed by atoms with E-state index in [1.54, 1.807) is 18.6 Å². The first-order chi connectivity index (χ1) is 29.2. The number of benzene rings is 6. The van der Waals surface area contributed by atoms with Gasteiger partial charge < -0.3 is 4.57 Å². The molecule has 0 N–H and O–H groups in total. The van der Waals surface area contributed by atoms with Gasteiger partial charge in [0.15, 0.2) is 0 Å². The van der Waals surface area contributed by atoms with Crippen LogP contribution < -0.4 is 0 Å². The highest BCUT2D eigenvalue weighted by atomic mass is 79.9. The number of aromatic nitrogens is 5. The second kappa shape index (κ2) is 15.9. The summed E-state index contributed by atoms with van der Waals surface area (Å²) in [7, 11) is 0. The third kappa shape index (κ3) is 7.05. The van der Waals surface area contributed by atoms with E-state index in [-0.39, 0.29) is 0 Å². The van der Waals surface area contributed by atoms with Crippen molar-refractivity contribution in [3.05, 3.63) is 222 Å². The lowest BCUT2D eigenvalue weighted by Gasteiger charge is -2.10. The topological polar surface area (TPSA) is 56.5 Å². The fourth-order valence-corrected chi connectivity index (χ4v) is 8.37. The van der Waals surface area contributed by atoms with Crippen LogP contribution in [-0.4, -0.2) is 24.5 Å². The molecule has 1 aliphatic rings. The zero-order valence-electron chi connectivity index (χ0n) is 32.0. The highest BCUT2D eigenvalue weighted by molar-refractivity contribution is 9.10. The van der Waals surface area contributed by atoms with E-state index in [0.717, 1.165) is 39.4 Å². The Morgan fingerprint density at radius 1 is 0.407 bits per heavy atom. The lowest BCUT2D eigenvalue weighted by Crippen LogP contribution is -1.96. The molecule has 0 amide bonds. The van der Waals surface area contributed by atoms with Crippen LogP contribution >= 0.6 is 15.9 Å². The number of nitrogens with zero attached hydrogens (tertiary/aromatic N) is 5. The van der Waals surface area contributed by atoms with Crippen LogP contribution in [0.2, 0.25) is 0 Å². The molecule has 6 aromatic carbocycles. The molecule has 0 saturated carbocycles. The van der Waals surface area contributed by atoms with E-state index in [9.17, 15) is 0 Å². The number of hydrogen-bond acceptors (Lipinski definition) is 4. The molecule has 280 valence electrons. The minimum Gasteiger partial charge on any atom is -0.307 e. The number of rotatable bonds is 3. The number of fused-ring (bicyclic) bond motifs is 10. The van der Waals surface area contributed by atoms with Crippen molar-refractivity contribution in [2.45, 2.75) is 6.42 Å². The van der Waals surface area contributed by atoms with Crippen molar-refractivity contribution in [1.82, 2.24) is 24.5 Å². The SMILES string of the molecule is Brc1ccc(-c2ccccn2)nc1.c1ccc(-c2ccc(-n3c4ccccc4c4ccc5ccccc5c43)cn2)nc1.c1ccc2c(c1)Cc1c-2ccc2ccccc12. The zero-order chi connectivity index (χ0) is 39.5. The first-order valence-electron chi connectivity index (χ1n) is 19.6. The van der Waals surface area contributed by atoms with Gasteiger partial charge in [0, 0.05) is 39.2 Å². The summed E-state index contributed by atoms with van der Waals surface area (Å²) >= 11 is 3.34. The van der Waals surface area contributed by atoms with E-state index in [2.05, 4.69) is 163 Å². The van der Waals surface area contributed by atoms with Crippen molar-refractivity contribution < 1.29 is 0 Å². The Hall–Kier alpha value is -7.28. The lowest BCUT2D eigenvalue weighted by molar-refractivity contribution is 1.14. The average molecular weight is 823 g/mol. The Balaban J connectivity index is 0.000000118.